The molecule has 0 saturated heterocycles. The number of aromatic amines is 1. The summed E-state index contributed by atoms with van der Waals surface area (Å²) in [6, 6.07) is 0. The van der Waals surface area contributed by atoms with Crippen molar-refractivity contribution < 1.29 is 19.1 Å². The molecule has 1 heterocycles. The van der Waals surface area contributed by atoms with E-state index in [0.717, 1.165) is 0 Å². The van der Waals surface area contributed by atoms with Crippen molar-refractivity contribution >= 4 is 17.9 Å². The average molecular weight is 367 g/mol. The fraction of sp³-hybridized carbons (Fsp3) is 0.611. The largest absolute Gasteiger partial charge is 0.444 e. The van der Waals surface area contributed by atoms with Gasteiger partial charge in [0, 0.05) is 17.0 Å². The van der Waals surface area contributed by atoms with Crippen LogP contribution in [0.1, 0.15) is 58.5 Å². The maximum Gasteiger partial charge on any atom is 0.412 e. The summed E-state index contributed by atoms with van der Waals surface area (Å²) in [6.45, 7) is 13.8. The number of ether oxygens (including phenoxy) is 2. The van der Waals surface area contributed by atoms with Crippen LogP contribution in [0.3, 0.4) is 0 Å². The van der Waals surface area contributed by atoms with Gasteiger partial charge >= 0.3 is 12.2 Å². The maximum absolute atomic E-state index is 12.7. The van der Waals surface area contributed by atoms with Crippen molar-refractivity contribution in [2.75, 3.05) is 5.32 Å². The van der Waals surface area contributed by atoms with Crippen LogP contribution in [0, 0.1) is 13.8 Å². The Morgan fingerprint density at radius 3 is 1.92 bits per heavy atom. The molecule has 0 aliphatic heterocycles. The Balaban J connectivity index is 3.00. The Bertz CT molecular complexity index is 739. The van der Waals surface area contributed by atoms with Crippen molar-refractivity contribution in [2.45, 2.75) is 73.1 Å². The third-order valence-corrected chi connectivity index (χ3v) is 3.14. The highest BCUT2D eigenvalue weighted by Crippen LogP contribution is 2.14. The first-order chi connectivity index (χ1) is 11.7. The van der Waals surface area contributed by atoms with Crippen molar-refractivity contribution in [3.8, 4) is 0 Å². The lowest BCUT2D eigenvalue weighted by Gasteiger charge is -2.21. The van der Waals surface area contributed by atoms with Gasteiger partial charge in [-0.3, -0.25) is 10.1 Å². The van der Waals surface area contributed by atoms with Gasteiger partial charge in [-0.25, -0.2) is 9.59 Å². The molecule has 1 aromatic heterocycles. The molecule has 2 amide bonds. The first kappa shape index (κ1) is 21.5. The number of hydrogen-bond donors (Lipinski definition) is 3. The maximum atomic E-state index is 12.7. The van der Waals surface area contributed by atoms with E-state index in [0.29, 0.717) is 17.0 Å². The number of aryl methyl sites for hydroxylation is 2. The first-order valence-electron chi connectivity index (χ1n) is 8.39. The molecule has 8 heteroatoms. The zero-order valence-corrected chi connectivity index (χ0v) is 16.7. The van der Waals surface area contributed by atoms with Crippen LogP contribution >= 0.6 is 0 Å². The van der Waals surface area contributed by atoms with Gasteiger partial charge in [0.1, 0.15) is 16.9 Å². The van der Waals surface area contributed by atoms with E-state index in [2.05, 4.69) is 15.6 Å². The van der Waals surface area contributed by atoms with Crippen molar-refractivity contribution in [1.29, 1.82) is 0 Å². The molecule has 1 rings (SSSR count). The zero-order chi connectivity index (χ0) is 20.3. The van der Waals surface area contributed by atoms with Crippen LogP contribution in [-0.4, -0.2) is 28.4 Å². The predicted octanol–water partition coefficient (Wildman–Crippen LogP) is 3.36. The van der Waals surface area contributed by atoms with Crippen LogP contribution in [0.25, 0.3) is 0 Å². The Labute approximate surface area is 153 Å². The predicted molar refractivity (Wildman–Crippen MR) is 99.5 cm³/mol. The molecule has 0 unspecified atom stereocenters. The van der Waals surface area contributed by atoms with E-state index >= 15 is 0 Å². The van der Waals surface area contributed by atoms with E-state index in [1.807, 2.05) is 0 Å². The number of anilines is 1. The Hall–Kier alpha value is -2.51. The molecule has 3 N–H and O–H groups in total. The smallest absolute Gasteiger partial charge is 0.412 e. The number of nitrogens with one attached hydrogen (secondary N) is 3. The lowest BCUT2D eigenvalue weighted by molar-refractivity contribution is 0.0522. The van der Waals surface area contributed by atoms with Gasteiger partial charge in [-0.2, -0.15) is 0 Å². The Morgan fingerprint density at radius 2 is 1.42 bits per heavy atom. The average Bonchev–Trinajstić information content (AvgIpc) is 2.39. The number of pyridine rings is 1. The third-order valence-electron chi connectivity index (χ3n) is 3.14. The zero-order valence-electron chi connectivity index (χ0n) is 16.7. The molecule has 0 aromatic carbocycles. The second-order valence-corrected chi connectivity index (χ2v) is 8.04. The highest BCUT2D eigenvalue weighted by Gasteiger charge is 2.21. The van der Waals surface area contributed by atoms with Gasteiger partial charge in [0.25, 0.3) is 0 Å². The number of hydrogen-bond acceptors (Lipinski definition) is 5. The molecule has 8 nitrogen and oxygen atoms in total. The molecule has 0 atom stereocenters. The molecule has 0 bridgehead atoms. The Morgan fingerprint density at radius 1 is 0.923 bits per heavy atom. The summed E-state index contributed by atoms with van der Waals surface area (Å²) in [7, 11) is 0. The molecule has 0 radical (unpaired) electrons. The molecular weight excluding hydrogens is 338 g/mol. The fourth-order valence-corrected chi connectivity index (χ4v) is 2.15. The summed E-state index contributed by atoms with van der Waals surface area (Å²) >= 11 is 0. The molecule has 26 heavy (non-hydrogen) atoms. The number of carbonyl (C=O) groups is 2. The van der Waals surface area contributed by atoms with E-state index < -0.39 is 23.4 Å². The van der Waals surface area contributed by atoms with Crippen LogP contribution in [0.4, 0.5) is 15.3 Å². The van der Waals surface area contributed by atoms with Crippen molar-refractivity contribution in [1.82, 2.24) is 10.3 Å². The van der Waals surface area contributed by atoms with Crippen LogP contribution < -0.4 is 16.1 Å². The number of carbonyl (C=O) groups excluding carboxylic acids is 2. The summed E-state index contributed by atoms with van der Waals surface area (Å²) in [6.07, 6.45) is -1.35. The van der Waals surface area contributed by atoms with Crippen LogP contribution in [0.15, 0.2) is 4.79 Å². The number of H-pyrrole nitrogens is 1. The van der Waals surface area contributed by atoms with Gasteiger partial charge in [-0.15, -0.1) is 0 Å². The quantitative estimate of drug-likeness (QED) is 0.759. The summed E-state index contributed by atoms with van der Waals surface area (Å²) in [5, 5.41) is 5.03. The SMILES string of the molecule is Cc1[nH]c(C)c(NC(=O)OC(C)(C)C)c(=O)c1CNC(=O)OC(C)(C)C. The minimum Gasteiger partial charge on any atom is -0.444 e. The standard InChI is InChI=1S/C18H29N3O5/c1-10-12(9-19-15(23)25-17(3,4)5)14(22)13(11(2)20-10)21-16(24)26-18(6,7)8/h9H2,1-8H3,(H,19,23)(H,20,22)(H,21,24). The van der Waals surface area contributed by atoms with E-state index in [1.54, 1.807) is 55.4 Å². The molecular formula is C18H29N3O5. The molecule has 0 aliphatic rings. The second-order valence-electron chi connectivity index (χ2n) is 8.04. The van der Waals surface area contributed by atoms with Gasteiger partial charge in [-0.1, -0.05) is 0 Å². The van der Waals surface area contributed by atoms with E-state index in [4.69, 9.17) is 9.47 Å². The summed E-state index contributed by atoms with van der Waals surface area (Å²) < 4.78 is 10.3. The number of amides is 2. The second kappa shape index (κ2) is 7.80. The van der Waals surface area contributed by atoms with E-state index in [-0.39, 0.29) is 17.7 Å². The normalized spacial score (nSPS) is 11.7. The van der Waals surface area contributed by atoms with Gasteiger partial charge in [0.15, 0.2) is 0 Å². The first-order valence-corrected chi connectivity index (χ1v) is 8.39. The van der Waals surface area contributed by atoms with E-state index in [9.17, 15) is 14.4 Å². The minimum atomic E-state index is -0.721. The fourth-order valence-electron chi connectivity index (χ4n) is 2.15. The Kier molecular flexibility index (Phi) is 6.46. The highest BCUT2D eigenvalue weighted by atomic mass is 16.6. The minimum absolute atomic E-state index is 0.0284. The van der Waals surface area contributed by atoms with Gasteiger partial charge in [0.05, 0.1) is 6.54 Å². The van der Waals surface area contributed by atoms with Gasteiger partial charge < -0.3 is 19.8 Å². The van der Waals surface area contributed by atoms with Crippen LogP contribution in [0.2, 0.25) is 0 Å². The van der Waals surface area contributed by atoms with Crippen molar-refractivity contribution in [3.63, 3.8) is 0 Å². The third kappa shape index (κ3) is 6.78. The summed E-state index contributed by atoms with van der Waals surface area (Å²) in [4.78, 5) is 39.5. The van der Waals surface area contributed by atoms with E-state index in [1.165, 1.54) is 0 Å². The molecule has 0 aliphatic carbocycles. The topological polar surface area (TPSA) is 110 Å². The van der Waals surface area contributed by atoms with Gasteiger partial charge in [-0.05, 0) is 55.4 Å². The van der Waals surface area contributed by atoms with Crippen molar-refractivity contribution in [3.05, 3.63) is 27.2 Å². The molecule has 0 spiro atoms. The number of alkyl carbamates (subject to hydrolysis) is 1. The molecule has 0 fully saturated rings. The molecule has 0 saturated carbocycles. The lowest BCUT2D eigenvalue weighted by atomic mass is 10.1. The summed E-state index contributed by atoms with van der Waals surface area (Å²) in [5.74, 6) is 0. The number of aromatic nitrogens is 1. The number of rotatable bonds is 3. The van der Waals surface area contributed by atoms with Crippen LogP contribution in [0.5, 0.6) is 0 Å². The summed E-state index contributed by atoms with van der Waals surface area (Å²) in [5.41, 5.74) is -0.199. The highest BCUT2D eigenvalue weighted by molar-refractivity contribution is 5.85. The van der Waals surface area contributed by atoms with Crippen molar-refractivity contribution in [2.24, 2.45) is 0 Å². The van der Waals surface area contributed by atoms with Gasteiger partial charge in [0.2, 0.25) is 5.43 Å². The lowest BCUT2D eigenvalue weighted by Crippen LogP contribution is -2.35. The monoisotopic (exact) mass is 367 g/mol. The molecule has 1 aromatic rings. The molecule has 146 valence electrons. The van der Waals surface area contributed by atoms with Crippen LogP contribution in [-0.2, 0) is 16.0 Å².